The summed E-state index contributed by atoms with van der Waals surface area (Å²) in [6.07, 6.45) is 2.16. The fourth-order valence-electron chi connectivity index (χ4n) is 2.15. The highest BCUT2D eigenvalue weighted by Crippen LogP contribution is 2.20. The molecule has 22 heavy (non-hydrogen) atoms. The van der Waals surface area contributed by atoms with Gasteiger partial charge in [0.1, 0.15) is 5.75 Å². The van der Waals surface area contributed by atoms with Crippen molar-refractivity contribution < 1.29 is 4.74 Å². The van der Waals surface area contributed by atoms with Gasteiger partial charge in [0.05, 0.1) is 12.3 Å². The molecule has 1 aromatic carbocycles. The normalized spacial score (nSPS) is 10.7. The van der Waals surface area contributed by atoms with E-state index in [1.807, 2.05) is 31.2 Å². The van der Waals surface area contributed by atoms with Crippen molar-refractivity contribution in [2.24, 2.45) is 5.73 Å². The van der Waals surface area contributed by atoms with Gasteiger partial charge in [-0.05, 0) is 43.7 Å². The second kappa shape index (κ2) is 7.75. The summed E-state index contributed by atoms with van der Waals surface area (Å²) in [7, 11) is 0. The highest BCUT2D eigenvalue weighted by Gasteiger charge is 2.08. The maximum absolute atomic E-state index is 12.0. The van der Waals surface area contributed by atoms with E-state index in [2.05, 4.69) is 12.0 Å². The van der Waals surface area contributed by atoms with E-state index < -0.39 is 0 Å². The first kappa shape index (κ1) is 16.2. The van der Waals surface area contributed by atoms with E-state index in [4.69, 9.17) is 10.5 Å². The summed E-state index contributed by atoms with van der Waals surface area (Å²) in [4.78, 5) is 12.0. The number of hydrogen-bond acceptors (Lipinski definition) is 4. The Balaban J connectivity index is 2.26. The maximum Gasteiger partial charge on any atom is 0.271 e. The van der Waals surface area contributed by atoms with Crippen LogP contribution in [0.2, 0.25) is 0 Å². The zero-order valence-corrected chi connectivity index (χ0v) is 13.2. The lowest BCUT2D eigenvalue weighted by Crippen LogP contribution is -2.27. The smallest absolute Gasteiger partial charge is 0.271 e. The number of aryl methyl sites for hydroxylation is 1. The average molecular weight is 301 g/mol. The number of hydrogen-bond donors (Lipinski definition) is 1. The number of unbranched alkanes of at least 4 members (excludes halogenated alkanes) is 1. The van der Waals surface area contributed by atoms with Gasteiger partial charge in [-0.3, -0.25) is 4.79 Å². The lowest BCUT2D eigenvalue weighted by atomic mass is 10.1. The minimum Gasteiger partial charge on any atom is -0.494 e. The van der Waals surface area contributed by atoms with Crippen molar-refractivity contribution in [1.29, 1.82) is 0 Å². The predicted octanol–water partition coefficient (Wildman–Crippen LogP) is 2.57. The first-order valence-electron chi connectivity index (χ1n) is 7.74. The zero-order chi connectivity index (χ0) is 15.9. The molecule has 0 saturated heterocycles. The molecular weight excluding hydrogens is 278 g/mol. The van der Waals surface area contributed by atoms with Gasteiger partial charge in [-0.2, -0.15) is 5.10 Å². The molecule has 5 nitrogen and oxygen atoms in total. The van der Waals surface area contributed by atoms with E-state index in [1.165, 1.54) is 4.68 Å². The van der Waals surface area contributed by atoms with Crippen molar-refractivity contribution in [1.82, 2.24) is 9.78 Å². The van der Waals surface area contributed by atoms with Gasteiger partial charge in [0, 0.05) is 24.2 Å². The van der Waals surface area contributed by atoms with Gasteiger partial charge >= 0.3 is 0 Å². The Morgan fingerprint density at radius 2 is 1.95 bits per heavy atom. The summed E-state index contributed by atoms with van der Waals surface area (Å²) < 4.78 is 7.10. The fourth-order valence-corrected chi connectivity index (χ4v) is 2.15. The highest BCUT2D eigenvalue weighted by atomic mass is 16.5. The molecule has 0 aliphatic carbocycles. The monoisotopic (exact) mass is 301 g/mol. The lowest BCUT2D eigenvalue weighted by Gasteiger charge is -2.09. The largest absolute Gasteiger partial charge is 0.494 e. The molecule has 2 N–H and O–H groups in total. The molecule has 0 saturated carbocycles. The standard InChI is InChI=1S/C17H23N3O2/c1-3-5-10-22-15-8-6-13(7-9-15)16-11-14(12-18)17(21)20(4-2)19-16/h6-9,11H,3-5,10,12,18H2,1-2H3. The van der Waals surface area contributed by atoms with Crippen molar-refractivity contribution in [3.05, 3.63) is 46.2 Å². The summed E-state index contributed by atoms with van der Waals surface area (Å²) in [6, 6.07) is 9.52. The summed E-state index contributed by atoms with van der Waals surface area (Å²) in [6.45, 7) is 5.50. The van der Waals surface area contributed by atoms with Crippen LogP contribution >= 0.6 is 0 Å². The van der Waals surface area contributed by atoms with Crippen molar-refractivity contribution in [3.63, 3.8) is 0 Å². The van der Waals surface area contributed by atoms with Crippen molar-refractivity contribution in [2.75, 3.05) is 6.61 Å². The van der Waals surface area contributed by atoms with Crippen LogP contribution in [0.1, 0.15) is 32.3 Å². The molecule has 0 amide bonds. The number of ether oxygens (including phenoxy) is 1. The zero-order valence-electron chi connectivity index (χ0n) is 13.2. The van der Waals surface area contributed by atoms with Gasteiger partial charge < -0.3 is 10.5 Å². The third-order valence-corrected chi connectivity index (χ3v) is 3.48. The third-order valence-electron chi connectivity index (χ3n) is 3.48. The van der Waals surface area contributed by atoms with E-state index in [0.717, 1.165) is 36.5 Å². The molecule has 0 spiro atoms. The number of nitrogens with zero attached hydrogens (tertiary/aromatic N) is 2. The molecule has 5 heteroatoms. The molecule has 0 fully saturated rings. The van der Waals surface area contributed by atoms with Crippen LogP contribution in [-0.4, -0.2) is 16.4 Å². The second-order valence-corrected chi connectivity index (χ2v) is 5.11. The van der Waals surface area contributed by atoms with Gasteiger partial charge in [-0.15, -0.1) is 0 Å². The minimum atomic E-state index is -0.117. The summed E-state index contributed by atoms with van der Waals surface area (Å²) in [5, 5.41) is 4.38. The Kier molecular flexibility index (Phi) is 5.72. The Labute approximate surface area is 130 Å². The molecule has 0 aliphatic heterocycles. The van der Waals surface area contributed by atoms with E-state index in [-0.39, 0.29) is 12.1 Å². The van der Waals surface area contributed by atoms with Gasteiger partial charge in [-0.25, -0.2) is 4.68 Å². The first-order chi connectivity index (χ1) is 10.7. The van der Waals surface area contributed by atoms with Gasteiger partial charge in [0.25, 0.3) is 5.56 Å². The van der Waals surface area contributed by atoms with Crippen molar-refractivity contribution >= 4 is 0 Å². The van der Waals surface area contributed by atoms with Crippen LogP contribution in [0.25, 0.3) is 11.3 Å². The van der Waals surface area contributed by atoms with Crippen LogP contribution in [-0.2, 0) is 13.1 Å². The third kappa shape index (κ3) is 3.74. The van der Waals surface area contributed by atoms with Crippen LogP contribution in [0, 0.1) is 0 Å². The Bertz CT molecular complexity index is 634. The average Bonchev–Trinajstić information content (AvgIpc) is 2.56. The Hall–Kier alpha value is -2.14. The molecule has 2 rings (SSSR count). The van der Waals surface area contributed by atoms with Crippen LogP contribution in [0.3, 0.4) is 0 Å². The summed E-state index contributed by atoms with van der Waals surface area (Å²) in [5.41, 5.74) is 7.81. The molecule has 0 atom stereocenters. The minimum absolute atomic E-state index is 0.117. The van der Waals surface area contributed by atoms with Crippen LogP contribution < -0.4 is 16.0 Å². The molecule has 0 bridgehead atoms. The van der Waals surface area contributed by atoms with Crippen molar-refractivity contribution in [3.8, 4) is 17.0 Å². The van der Waals surface area contributed by atoms with E-state index >= 15 is 0 Å². The Morgan fingerprint density at radius 3 is 2.55 bits per heavy atom. The first-order valence-corrected chi connectivity index (χ1v) is 7.74. The maximum atomic E-state index is 12.0. The molecule has 1 heterocycles. The number of rotatable bonds is 7. The van der Waals surface area contributed by atoms with Gasteiger partial charge in [0.2, 0.25) is 0 Å². The molecule has 2 aromatic rings. The predicted molar refractivity (Wildman–Crippen MR) is 87.9 cm³/mol. The fraction of sp³-hybridized carbons (Fsp3) is 0.412. The summed E-state index contributed by atoms with van der Waals surface area (Å²) >= 11 is 0. The molecule has 0 radical (unpaired) electrons. The summed E-state index contributed by atoms with van der Waals surface area (Å²) in [5.74, 6) is 0.847. The Morgan fingerprint density at radius 1 is 1.23 bits per heavy atom. The lowest BCUT2D eigenvalue weighted by molar-refractivity contribution is 0.309. The van der Waals surface area contributed by atoms with E-state index in [9.17, 15) is 4.79 Å². The molecule has 1 aromatic heterocycles. The van der Waals surface area contributed by atoms with Crippen LogP contribution in [0.4, 0.5) is 0 Å². The SMILES string of the molecule is CCCCOc1ccc(-c2cc(CN)c(=O)n(CC)n2)cc1. The topological polar surface area (TPSA) is 70.1 Å². The molecule has 0 aliphatic rings. The van der Waals surface area contributed by atoms with E-state index in [1.54, 1.807) is 6.07 Å². The van der Waals surface area contributed by atoms with Crippen LogP contribution in [0.15, 0.2) is 35.1 Å². The molecule has 118 valence electrons. The van der Waals surface area contributed by atoms with Crippen molar-refractivity contribution in [2.45, 2.75) is 39.8 Å². The van der Waals surface area contributed by atoms with Crippen LogP contribution in [0.5, 0.6) is 5.75 Å². The number of nitrogens with two attached hydrogens (primary N) is 1. The second-order valence-electron chi connectivity index (χ2n) is 5.11. The quantitative estimate of drug-likeness (QED) is 0.798. The highest BCUT2D eigenvalue weighted by molar-refractivity contribution is 5.60. The van der Waals surface area contributed by atoms with E-state index in [0.29, 0.717) is 12.1 Å². The molecular formula is C17H23N3O2. The van der Waals surface area contributed by atoms with Gasteiger partial charge in [0.15, 0.2) is 0 Å². The number of aromatic nitrogens is 2. The number of benzene rings is 1. The molecule has 0 unspecified atom stereocenters. The van der Waals surface area contributed by atoms with Gasteiger partial charge in [-0.1, -0.05) is 13.3 Å².